The Bertz CT molecular complexity index is 770. The first kappa shape index (κ1) is 18.2. The summed E-state index contributed by atoms with van der Waals surface area (Å²) in [5.74, 6) is -0.662. The summed E-state index contributed by atoms with van der Waals surface area (Å²) in [6.07, 6.45) is 7.10. The number of fused-ring (bicyclic) bond motifs is 1. The smallest absolute Gasteiger partial charge is 0.263 e. The number of rotatable bonds is 5. The minimum Gasteiger partial charge on any atom is -0.349 e. The van der Waals surface area contributed by atoms with Crippen LogP contribution in [-0.2, 0) is 9.59 Å². The monoisotopic (exact) mass is 351 g/mol. The molecule has 0 unspecified atom stereocenters. The van der Waals surface area contributed by atoms with Gasteiger partial charge in [-0.2, -0.15) is 5.26 Å². The molecule has 2 amide bonds. The van der Waals surface area contributed by atoms with E-state index in [9.17, 15) is 14.9 Å². The highest BCUT2D eigenvalue weighted by Gasteiger charge is 2.36. The molecule has 0 spiro atoms. The number of nitriles is 1. The van der Waals surface area contributed by atoms with E-state index in [1.807, 2.05) is 30.3 Å². The lowest BCUT2D eigenvalue weighted by molar-refractivity contribution is -0.118. The van der Waals surface area contributed by atoms with Gasteiger partial charge in [0.1, 0.15) is 11.6 Å². The van der Waals surface area contributed by atoms with Crippen LogP contribution in [0, 0.1) is 11.3 Å². The van der Waals surface area contributed by atoms with Crippen molar-refractivity contribution in [1.29, 1.82) is 5.26 Å². The number of carbonyl (C=O) groups is 2. The summed E-state index contributed by atoms with van der Waals surface area (Å²) in [7, 11) is 0. The molecule has 0 atom stereocenters. The van der Waals surface area contributed by atoms with Crippen molar-refractivity contribution < 1.29 is 9.59 Å². The predicted octanol–water partition coefficient (Wildman–Crippen LogP) is 3.56. The summed E-state index contributed by atoms with van der Waals surface area (Å²) >= 11 is 0. The van der Waals surface area contributed by atoms with E-state index in [2.05, 4.69) is 12.2 Å². The quantitative estimate of drug-likeness (QED) is 0.651. The van der Waals surface area contributed by atoms with Gasteiger partial charge in [0.2, 0.25) is 0 Å². The van der Waals surface area contributed by atoms with Crippen LogP contribution in [0.15, 0.2) is 29.8 Å². The van der Waals surface area contributed by atoms with E-state index in [0.29, 0.717) is 12.1 Å². The predicted molar refractivity (Wildman–Crippen MR) is 101 cm³/mol. The molecule has 0 bridgehead atoms. The Balaban J connectivity index is 1.94. The van der Waals surface area contributed by atoms with Crippen LogP contribution >= 0.6 is 0 Å². The van der Waals surface area contributed by atoms with Gasteiger partial charge in [-0.3, -0.25) is 9.59 Å². The molecule has 5 nitrogen and oxygen atoms in total. The molecular weight excluding hydrogens is 326 g/mol. The van der Waals surface area contributed by atoms with Crippen LogP contribution in [0.1, 0.15) is 57.4 Å². The van der Waals surface area contributed by atoms with Crippen molar-refractivity contribution in [2.45, 2.75) is 57.9 Å². The fourth-order valence-corrected chi connectivity index (χ4v) is 3.78. The Labute approximate surface area is 154 Å². The first-order valence-corrected chi connectivity index (χ1v) is 9.53. The van der Waals surface area contributed by atoms with Gasteiger partial charge in [-0.25, -0.2) is 0 Å². The average molecular weight is 351 g/mol. The number of nitrogens with zero attached hydrogens (tertiary/aromatic N) is 2. The third-order valence-electron chi connectivity index (χ3n) is 5.19. The summed E-state index contributed by atoms with van der Waals surface area (Å²) in [4.78, 5) is 27.4. The lowest BCUT2D eigenvalue weighted by Crippen LogP contribution is -2.37. The molecule has 1 fully saturated rings. The molecule has 26 heavy (non-hydrogen) atoms. The second-order valence-corrected chi connectivity index (χ2v) is 7.00. The van der Waals surface area contributed by atoms with Crippen molar-refractivity contribution in [3.63, 3.8) is 0 Å². The van der Waals surface area contributed by atoms with Crippen LogP contribution in [0.4, 0.5) is 5.69 Å². The third kappa shape index (κ3) is 3.50. The van der Waals surface area contributed by atoms with Crippen LogP contribution in [-0.4, -0.2) is 24.4 Å². The van der Waals surface area contributed by atoms with Gasteiger partial charge in [0, 0.05) is 18.2 Å². The van der Waals surface area contributed by atoms with Crippen LogP contribution in [0.5, 0.6) is 0 Å². The molecular formula is C21H25N3O2. The number of anilines is 1. The van der Waals surface area contributed by atoms with Crippen molar-refractivity contribution in [2.75, 3.05) is 11.4 Å². The van der Waals surface area contributed by atoms with Crippen molar-refractivity contribution in [3.05, 3.63) is 35.4 Å². The second kappa shape index (κ2) is 8.18. The highest BCUT2D eigenvalue weighted by atomic mass is 16.2. The highest BCUT2D eigenvalue weighted by molar-refractivity contribution is 6.37. The van der Waals surface area contributed by atoms with Crippen LogP contribution in [0.2, 0.25) is 0 Å². The molecule has 1 N–H and O–H groups in total. The van der Waals surface area contributed by atoms with Gasteiger partial charge in [0.15, 0.2) is 0 Å². The van der Waals surface area contributed by atoms with Crippen molar-refractivity contribution in [2.24, 2.45) is 0 Å². The molecule has 5 heteroatoms. The number of para-hydroxylation sites is 1. The van der Waals surface area contributed by atoms with Gasteiger partial charge in [-0.1, -0.05) is 50.8 Å². The minimum absolute atomic E-state index is 0.0629. The van der Waals surface area contributed by atoms with E-state index < -0.39 is 5.91 Å². The summed E-state index contributed by atoms with van der Waals surface area (Å²) in [5, 5.41) is 12.6. The Morgan fingerprint density at radius 3 is 2.69 bits per heavy atom. The normalized spacial score (nSPS) is 19.1. The molecule has 3 rings (SSSR count). The zero-order valence-electron chi connectivity index (χ0n) is 15.3. The molecule has 1 heterocycles. The minimum atomic E-state index is -0.421. The van der Waals surface area contributed by atoms with Crippen LogP contribution in [0.3, 0.4) is 0 Å². The molecule has 0 radical (unpaired) electrons. The van der Waals surface area contributed by atoms with E-state index in [0.717, 1.165) is 44.2 Å². The third-order valence-corrected chi connectivity index (χ3v) is 5.19. The molecule has 136 valence electrons. The number of amides is 2. The zero-order valence-corrected chi connectivity index (χ0v) is 15.3. The van der Waals surface area contributed by atoms with Gasteiger partial charge in [-0.15, -0.1) is 0 Å². The number of hydrogen-bond acceptors (Lipinski definition) is 3. The number of nitrogens with one attached hydrogen (secondary N) is 1. The topological polar surface area (TPSA) is 73.2 Å². The van der Waals surface area contributed by atoms with Crippen molar-refractivity contribution in [3.8, 4) is 6.07 Å². The Kier molecular flexibility index (Phi) is 5.72. The number of unbranched alkanes of at least 4 members (excludes halogenated alkanes) is 1. The van der Waals surface area contributed by atoms with Gasteiger partial charge in [0.05, 0.1) is 11.3 Å². The van der Waals surface area contributed by atoms with E-state index in [4.69, 9.17) is 0 Å². The lowest BCUT2D eigenvalue weighted by atomic mass is 9.94. The maximum atomic E-state index is 13.0. The number of hydrogen-bond donors (Lipinski definition) is 1. The molecule has 0 saturated heterocycles. The SMILES string of the molecule is CCCCN1C(=O)/C(=C(\C#N)C(=O)NC2CCCCC2)c2ccccc21. The summed E-state index contributed by atoms with van der Waals surface area (Å²) < 4.78 is 0. The standard InChI is InChI=1S/C21H25N3O2/c1-2-3-13-24-18-12-8-7-11-16(18)19(21(24)26)17(14-22)20(25)23-15-9-5-4-6-10-15/h7-8,11-12,15H,2-6,9-10,13H2,1H3,(H,23,25)/b19-17+. The first-order valence-electron chi connectivity index (χ1n) is 9.53. The largest absolute Gasteiger partial charge is 0.349 e. The molecule has 1 aliphatic heterocycles. The van der Waals surface area contributed by atoms with E-state index in [1.165, 1.54) is 6.42 Å². The van der Waals surface area contributed by atoms with Crippen LogP contribution in [0.25, 0.3) is 5.57 Å². The summed E-state index contributed by atoms with van der Waals surface area (Å²) in [6.45, 7) is 2.67. The van der Waals surface area contributed by atoms with E-state index in [1.54, 1.807) is 4.90 Å². The Morgan fingerprint density at radius 2 is 2.00 bits per heavy atom. The van der Waals surface area contributed by atoms with Gasteiger partial charge in [-0.05, 0) is 25.3 Å². The van der Waals surface area contributed by atoms with E-state index in [-0.39, 0.29) is 23.1 Å². The average Bonchev–Trinajstić information content (AvgIpc) is 2.93. The zero-order chi connectivity index (χ0) is 18.5. The molecule has 1 aliphatic carbocycles. The summed E-state index contributed by atoms with van der Waals surface area (Å²) in [5.41, 5.74) is 1.66. The van der Waals surface area contributed by atoms with Crippen LogP contribution < -0.4 is 10.2 Å². The highest BCUT2D eigenvalue weighted by Crippen LogP contribution is 2.38. The number of benzene rings is 1. The van der Waals surface area contributed by atoms with Crippen molar-refractivity contribution >= 4 is 23.1 Å². The molecule has 1 aromatic carbocycles. The van der Waals surface area contributed by atoms with Gasteiger partial charge >= 0.3 is 0 Å². The molecule has 1 aromatic rings. The maximum Gasteiger partial charge on any atom is 0.263 e. The Morgan fingerprint density at radius 1 is 1.27 bits per heavy atom. The maximum absolute atomic E-state index is 13.0. The lowest BCUT2D eigenvalue weighted by Gasteiger charge is -2.22. The van der Waals surface area contributed by atoms with Gasteiger partial charge < -0.3 is 10.2 Å². The van der Waals surface area contributed by atoms with Crippen molar-refractivity contribution in [1.82, 2.24) is 5.32 Å². The molecule has 2 aliphatic rings. The fraction of sp³-hybridized carbons (Fsp3) is 0.476. The fourth-order valence-electron chi connectivity index (χ4n) is 3.78. The second-order valence-electron chi connectivity index (χ2n) is 7.00. The molecule has 1 saturated carbocycles. The van der Waals surface area contributed by atoms with Gasteiger partial charge in [0.25, 0.3) is 11.8 Å². The van der Waals surface area contributed by atoms with E-state index >= 15 is 0 Å². The first-order chi connectivity index (χ1) is 12.7. The number of carbonyl (C=O) groups excluding carboxylic acids is 2. The molecule has 0 aromatic heterocycles. The Hall–Kier alpha value is -2.61. The summed E-state index contributed by atoms with van der Waals surface area (Å²) in [6, 6.07) is 9.51.